The number of rotatable bonds is 5. The van der Waals surface area contributed by atoms with Crippen LogP contribution in [0.4, 0.5) is 0 Å². The van der Waals surface area contributed by atoms with E-state index in [9.17, 15) is 13.2 Å². The number of nitrogens with one attached hydrogen (secondary N) is 1. The fourth-order valence-electron chi connectivity index (χ4n) is 2.17. The molecular formula is C18H21NO3S. The molecule has 1 amide bonds. The highest BCUT2D eigenvalue weighted by Gasteiger charge is 2.19. The van der Waals surface area contributed by atoms with Gasteiger partial charge in [-0.15, -0.1) is 0 Å². The van der Waals surface area contributed by atoms with Crippen LogP contribution in [0.5, 0.6) is 0 Å². The van der Waals surface area contributed by atoms with Crippen LogP contribution in [0.25, 0.3) is 0 Å². The third-order valence-corrected chi connectivity index (χ3v) is 5.77. The number of hydrogen-bond acceptors (Lipinski definition) is 3. The molecule has 0 heterocycles. The van der Waals surface area contributed by atoms with E-state index in [1.165, 1.54) is 12.1 Å². The van der Waals surface area contributed by atoms with Crippen LogP contribution in [0.3, 0.4) is 0 Å². The minimum Gasteiger partial charge on any atom is -0.348 e. The maximum Gasteiger partial charge on any atom is 0.251 e. The topological polar surface area (TPSA) is 63.2 Å². The molecule has 4 nitrogen and oxygen atoms in total. The first-order chi connectivity index (χ1) is 10.8. The maximum atomic E-state index is 12.1. The molecule has 0 saturated heterocycles. The van der Waals surface area contributed by atoms with E-state index in [0.717, 1.165) is 11.1 Å². The molecule has 5 heteroatoms. The van der Waals surface area contributed by atoms with Gasteiger partial charge in [0.05, 0.1) is 10.1 Å². The summed E-state index contributed by atoms with van der Waals surface area (Å²) in [6.07, 6.45) is 0. The lowest BCUT2D eigenvalue weighted by Crippen LogP contribution is -2.23. The van der Waals surface area contributed by atoms with Crippen LogP contribution in [-0.4, -0.2) is 19.6 Å². The molecule has 1 N–H and O–H groups in total. The highest BCUT2D eigenvalue weighted by atomic mass is 32.2. The van der Waals surface area contributed by atoms with Crippen molar-refractivity contribution < 1.29 is 13.2 Å². The van der Waals surface area contributed by atoms with Crippen LogP contribution in [0, 0.1) is 6.92 Å². The lowest BCUT2D eigenvalue weighted by molar-refractivity contribution is 0.0951. The largest absolute Gasteiger partial charge is 0.348 e. The molecule has 0 aliphatic rings. The zero-order valence-electron chi connectivity index (χ0n) is 13.5. The van der Waals surface area contributed by atoms with Gasteiger partial charge in [0.25, 0.3) is 5.91 Å². The molecule has 0 saturated carbocycles. The predicted octanol–water partition coefficient (Wildman–Crippen LogP) is 3.11. The Bertz CT molecular complexity index is 793. The zero-order chi connectivity index (χ0) is 17.0. The molecule has 0 radical (unpaired) electrons. The van der Waals surface area contributed by atoms with Crippen LogP contribution >= 0.6 is 0 Å². The molecule has 0 spiro atoms. The summed E-state index contributed by atoms with van der Waals surface area (Å²) in [5.74, 6) is -0.222. The zero-order valence-corrected chi connectivity index (χ0v) is 14.4. The SMILES string of the molecule is Cc1cccc(CNC(=O)c2ccc(S(=O)(=O)C(C)C)cc2)c1. The summed E-state index contributed by atoms with van der Waals surface area (Å²) in [6.45, 7) is 5.71. The van der Waals surface area contributed by atoms with E-state index in [4.69, 9.17) is 0 Å². The number of benzene rings is 2. The second-order valence-electron chi connectivity index (χ2n) is 5.79. The second-order valence-corrected chi connectivity index (χ2v) is 8.29. The van der Waals surface area contributed by atoms with E-state index >= 15 is 0 Å². The summed E-state index contributed by atoms with van der Waals surface area (Å²) in [5, 5.41) is 2.35. The van der Waals surface area contributed by atoms with E-state index in [1.807, 2.05) is 31.2 Å². The van der Waals surface area contributed by atoms with Gasteiger partial charge in [0.15, 0.2) is 9.84 Å². The Morgan fingerprint density at radius 3 is 2.30 bits per heavy atom. The number of hydrogen-bond donors (Lipinski definition) is 1. The summed E-state index contributed by atoms with van der Waals surface area (Å²) < 4.78 is 24.1. The first-order valence-corrected chi connectivity index (χ1v) is 9.03. The average molecular weight is 331 g/mol. The van der Waals surface area contributed by atoms with Gasteiger partial charge in [-0.2, -0.15) is 0 Å². The first kappa shape index (κ1) is 17.2. The minimum absolute atomic E-state index is 0.222. The van der Waals surface area contributed by atoms with Crippen molar-refractivity contribution in [1.82, 2.24) is 5.32 Å². The van der Waals surface area contributed by atoms with E-state index in [-0.39, 0.29) is 10.8 Å². The lowest BCUT2D eigenvalue weighted by Gasteiger charge is -2.09. The lowest BCUT2D eigenvalue weighted by atomic mass is 10.1. The molecule has 0 fully saturated rings. The maximum absolute atomic E-state index is 12.1. The van der Waals surface area contributed by atoms with Crippen molar-refractivity contribution in [1.29, 1.82) is 0 Å². The molecule has 0 aromatic heterocycles. The molecule has 2 rings (SSSR count). The molecule has 0 unspecified atom stereocenters. The summed E-state index contributed by atoms with van der Waals surface area (Å²) in [7, 11) is -3.31. The fraction of sp³-hybridized carbons (Fsp3) is 0.278. The quantitative estimate of drug-likeness (QED) is 0.915. The number of amides is 1. The van der Waals surface area contributed by atoms with Crippen molar-refractivity contribution in [2.24, 2.45) is 0 Å². The van der Waals surface area contributed by atoms with Crippen LogP contribution in [-0.2, 0) is 16.4 Å². The summed E-state index contributed by atoms with van der Waals surface area (Å²) in [4.78, 5) is 12.4. The molecule has 0 bridgehead atoms. The van der Waals surface area contributed by atoms with Crippen molar-refractivity contribution in [2.75, 3.05) is 0 Å². The van der Waals surface area contributed by atoms with Gasteiger partial charge in [0.2, 0.25) is 0 Å². The van der Waals surface area contributed by atoms with Gasteiger partial charge in [-0.05, 0) is 50.6 Å². The number of carbonyl (C=O) groups is 1. The Kier molecular flexibility index (Phi) is 5.21. The summed E-state index contributed by atoms with van der Waals surface area (Å²) >= 11 is 0. The molecule has 0 aliphatic heterocycles. The van der Waals surface area contributed by atoms with Gasteiger partial charge < -0.3 is 5.32 Å². The average Bonchev–Trinajstić information content (AvgIpc) is 2.52. The predicted molar refractivity (Wildman–Crippen MR) is 91.1 cm³/mol. The van der Waals surface area contributed by atoms with Gasteiger partial charge in [-0.3, -0.25) is 4.79 Å². The van der Waals surface area contributed by atoms with Gasteiger partial charge in [-0.1, -0.05) is 29.8 Å². The molecule has 0 atom stereocenters. The Balaban J connectivity index is 2.06. The van der Waals surface area contributed by atoms with Crippen LogP contribution in [0.1, 0.15) is 35.3 Å². The van der Waals surface area contributed by atoms with E-state index in [1.54, 1.807) is 26.0 Å². The Morgan fingerprint density at radius 1 is 1.09 bits per heavy atom. The van der Waals surface area contributed by atoms with Gasteiger partial charge >= 0.3 is 0 Å². The van der Waals surface area contributed by atoms with E-state index < -0.39 is 15.1 Å². The van der Waals surface area contributed by atoms with E-state index in [0.29, 0.717) is 12.1 Å². The van der Waals surface area contributed by atoms with Crippen LogP contribution in [0.15, 0.2) is 53.4 Å². The second kappa shape index (κ2) is 6.96. The fourth-order valence-corrected chi connectivity index (χ4v) is 3.23. The van der Waals surface area contributed by atoms with Gasteiger partial charge in [0.1, 0.15) is 0 Å². The van der Waals surface area contributed by atoms with Crippen molar-refractivity contribution in [3.8, 4) is 0 Å². The molecular weight excluding hydrogens is 310 g/mol. The van der Waals surface area contributed by atoms with Crippen LogP contribution < -0.4 is 5.32 Å². The Hall–Kier alpha value is -2.14. The Morgan fingerprint density at radius 2 is 1.74 bits per heavy atom. The third kappa shape index (κ3) is 4.20. The van der Waals surface area contributed by atoms with Crippen molar-refractivity contribution in [2.45, 2.75) is 37.5 Å². The van der Waals surface area contributed by atoms with Crippen molar-refractivity contribution in [3.63, 3.8) is 0 Å². The van der Waals surface area contributed by atoms with E-state index in [2.05, 4.69) is 5.32 Å². The van der Waals surface area contributed by atoms with Crippen molar-refractivity contribution in [3.05, 3.63) is 65.2 Å². The first-order valence-electron chi connectivity index (χ1n) is 7.48. The molecule has 122 valence electrons. The summed E-state index contributed by atoms with van der Waals surface area (Å²) in [6, 6.07) is 14.0. The van der Waals surface area contributed by atoms with Crippen molar-refractivity contribution >= 4 is 15.7 Å². The standard InChI is InChI=1S/C18H21NO3S/c1-13(2)23(21,22)17-9-7-16(8-10-17)18(20)19-12-15-6-4-5-14(3)11-15/h4-11,13H,12H2,1-3H3,(H,19,20). The van der Waals surface area contributed by atoms with Gasteiger partial charge in [-0.25, -0.2) is 8.42 Å². The third-order valence-electron chi connectivity index (χ3n) is 3.60. The number of aryl methyl sites for hydroxylation is 1. The van der Waals surface area contributed by atoms with Gasteiger partial charge in [0, 0.05) is 12.1 Å². The highest BCUT2D eigenvalue weighted by Crippen LogP contribution is 2.16. The normalized spacial score (nSPS) is 11.5. The highest BCUT2D eigenvalue weighted by molar-refractivity contribution is 7.92. The van der Waals surface area contributed by atoms with Crippen LogP contribution in [0.2, 0.25) is 0 Å². The number of sulfone groups is 1. The molecule has 23 heavy (non-hydrogen) atoms. The molecule has 0 aliphatic carbocycles. The minimum atomic E-state index is -3.31. The molecule has 2 aromatic carbocycles. The smallest absolute Gasteiger partial charge is 0.251 e. The number of carbonyl (C=O) groups excluding carboxylic acids is 1. The molecule has 2 aromatic rings. The summed E-state index contributed by atoms with van der Waals surface area (Å²) in [5.41, 5.74) is 2.61. The Labute approximate surface area is 137 Å². The monoisotopic (exact) mass is 331 g/mol.